The maximum atomic E-state index is 13.3. The van der Waals surface area contributed by atoms with Gasteiger partial charge in [0.1, 0.15) is 11.6 Å². The standard InChI is InChI=1S/C18H22FN5/c1-2-24-12-13(10-20-24)11-23-7-5-14(6-8-23)18-21-16-4-3-15(19)9-17(16)22-18/h3-4,9-10,12,14H,2,5-8,11H2,1H3,(H,21,22). The quantitative estimate of drug-likeness (QED) is 0.800. The number of piperidine rings is 1. The zero-order valence-electron chi connectivity index (χ0n) is 13.9. The lowest BCUT2D eigenvalue weighted by Gasteiger charge is -2.30. The monoisotopic (exact) mass is 327 g/mol. The summed E-state index contributed by atoms with van der Waals surface area (Å²) in [6, 6.07) is 4.73. The van der Waals surface area contributed by atoms with Crippen molar-refractivity contribution in [2.24, 2.45) is 0 Å². The van der Waals surface area contributed by atoms with Crippen LogP contribution in [0.5, 0.6) is 0 Å². The number of aromatic amines is 1. The Balaban J connectivity index is 1.39. The van der Waals surface area contributed by atoms with E-state index in [1.54, 1.807) is 6.07 Å². The minimum atomic E-state index is -0.222. The molecular weight excluding hydrogens is 305 g/mol. The molecule has 1 aliphatic rings. The van der Waals surface area contributed by atoms with Gasteiger partial charge in [-0.25, -0.2) is 9.37 Å². The summed E-state index contributed by atoms with van der Waals surface area (Å²) in [6.45, 7) is 6.06. The first-order valence-electron chi connectivity index (χ1n) is 8.60. The summed E-state index contributed by atoms with van der Waals surface area (Å²) in [4.78, 5) is 10.4. The summed E-state index contributed by atoms with van der Waals surface area (Å²) >= 11 is 0. The van der Waals surface area contributed by atoms with Gasteiger partial charge in [-0.15, -0.1) is 0 Å². The van der Waals surface area contributed by atoms with Crippen molar-refractivity contribution in [3.8, 4) is 0 Å². The number of likely N-dealkylation sites (tertiary alicyclic amines) is 1. The topological polar surface area (TPSA) is 49.7 Å². The van der Waals surface area contributed by atoms with E-state index in [2.05, 4.69) is 33.1 Å². The molecule has 3 aromatic rings. The molecule has 5 nitrogen and oxygen atoms in total. The Labute approximate surface area is 140 Å². The van der Waals surface area contributed by atoms with Crippen molar-refractivity contribution in [1.82, 2.24) is 24.6 Å². The van der Waals surface area contributed by atoms with Crippen molar-refractivity contribution in [3.63, 3.8) is 0 Å². The van der Waals surface area contributed by atoms with E-state index < -0.39 is 0 Å². The molecule has 0 spiro atoms. The highest BCUT2D eigenvalue weighted by molar-refractivity contribution is 5.75. The molecule has 0 atom stereocenters. The maximum Gasteiger partial charge on any atom is 0.125 e. The Bertz CT molecular complexity index is 829. The van der Waals surface area contributed by atoms with E-state index in [9.17, 15) is 4.39 Å². The first-order chi connectivity index (χ1) is 11.7. The summed E-state index contributed by atoms with van der Waals surface area (Å²) in [5.74, 6) is 1.20. The third kappa shape index (κ3) is 3.06. The highest BCUT2D eigenvalue weighted by Crippen LogP contribution is 2.28. The fourth-order valence-electron chi connectivity index (χ4n) is 3.48. The molecule has 0 amide bonds. The zero-order chi connectivity index (χ0) is 16.5. The number of hydrogen-bond donors (Lipinski definition) is 1. The number of aryl methyl sites for hydroxylation is 1. The van der Waals surface area contributed by atoms with Gasteiger partial charge in [-0.1, -0.05) is 0 Å². The largest absolute Gasteiger partial charge is 0.342 e. The molecule has 3 heterocycles. The second-order valence-electron chi connectivity index (χ2n) is 6.54. The van der Waals surface area contributed by atoms with Crippen LogP contribution in [0.4, 0.5) is 4.39 Å². The molecule has 6 heteroatoms. The molecule has 4 rings (SSSR count). The van der Waals surface area contributed by atoms with Crippen LogP contribution < -0.4 is 0 Å². The Kier molecular flexibility index (Phi) is 4.06. The van der Waals surface area contributed by atoms with E-state index in [0.717, 1.165) is 55.9 Å². The van der Waals surface area contributed by atoms with Gasteiger partial charge in [-0.05, 0) is 51.1 Å². The van der Waals surface area contributed by atoms with Crippen LogP contribution >= 0.6 is 0 Å². The van der Waals surface area contributed by atoms with Crippen LogP contribution in [-0.4, -0.2) is 37.7 Å². The van der Waals surface area contributed by atoms with E-state index in [-0.39, 0.29) is 5.82 Å². The molecule has 1 fully saturated rings. The van der Waals surface area contributed by atoms with Crippen molar-refractivity contribution in [3.05, 3.63) is 47.8 Å². The van der Waals surface area contributed by atoms with Crippen LogP contribution in [0.3, 0.4) is 0 Å². The van der Waals surface area contributed by atoms with Crippen LogP contribution in [0, 0.1) is 5.82 Å². The van der Waals surface area contributed by atoms with Gasteiger partial charge in [-0.3, -0.25) is 9.58 Å². The number of halogens is 1. The second-order valence-corrected chi connectivity index (χ2v) is 6.54. The highest BCUT2D eigenvalue weighted by atomic mass is 19.1. The van der Waals surface area contributed by atoms with Crippen molar-refractivity contribution in [1.29, 1.82) is 0 Å². The van der Waals surface area contributed by atoms with Crippen LogP contribution in [0.15, 0.2) is 30.6 Å². The van der Waals surface area contributed by atoms with Gasteiger partial charge in [0.2, 0.25) is 0 Å². The first kappa shape index (κ1) is 15.3. The predicted octanol–water partition coefficient (Wildman–Crippen LogP) is 3.30. The molecule has 2 aromatic heterocycles. The van der Waals surface area contributed by atoms with Crippen molar-refractivity contribution >= 4 is 11.0 Å². The minimum Gasteiger partial charge on any atom is -0.342 e. The first-order valence-corrected chi connectivity index (χ1v) is 8.60. The molecule has 0 bridgehead atoms. The third-order valence-corrected chi connectivity index (χ3v) is 4.85. The van der Waals surface area contributed by atoms with E-state index in [1.807, 2.05) is 10.9 Å². The second kappa shape index (κ2) is 6.36. The molecule has 1 aliphatic heterocycles. The smallest absolute Gasteiger partial charge is 0.125 e. The maximum absolute atomic E-state index is 13.3. The zero-order valence-corrected chi connectivity index (χ0v) is 13.9. The summed E-state index contributed by atoms with van der Waals surface area (Å²) in [6.07, 6.45) is 6.23. The lowest BCUT2D eigenvalue weighted by Crippen LogP contribution is -2.32. The van der Waals surface area contributed by atoms with Crippen LogP contribution in [-0.2, 0) is 13.1 Å². The number of aromatic nitrogens is 4. The summed E-state index contributed by atoms with van der Waals surface area (Å²) in [5, 5.41) is 4.34. The van der Waals surface area contributed by atoms with Gasteiger partial charge in [0.05, 0.1) is 17.2 Å². The number of fused-ring (bicyclic) bond motifs is 1. The molecule has 0 radical (unpaired) electrons. The Hall–Kier alpha value is -2.21. The molecule has 0 unspecified atom stereocenters. The molecule has 0 aliphatic carbocycles. The summed E-state index contributed by atoms with van der Waals surface area (Å²) in [5.41, 5.74) is 2.91. The van der Waals surface area contributed by atoms with E-state index in [0.29, 0.717) is 5.92 Å². The Morgan fingerprint density at radius 3 is 2.88 bits per heavy atom. The number of benzene rings is 1. The van der Waals surface area contributed by atoms with Gasteiger partial charge >= 0.3 is 0 Å². The molecule has 24 heavy (non-hydrogen) atoms. The minimum absolute atomic E-state index is 0.222. The average Bonchev–Trinajstić information content (AvgIpc) is 3.21. The van der Waals surface area contributed by atoms with Crippen molar-refractivity contribution < 1.29 is 4.39 Å². The molecule has 126 valence electrons. The van der Waals surface area contributed by atoms with Gasteiger partial charge in [0.15, 0.2) is 0 Å². The molecule has 0 saturated carbocycles. The fourth-order valence-corrected chi connectivity index (χ4v) is 3.48. The Morgan fingerprint density at radius 1 is 1.29 bits per heavy atom. The average molecular weight is 327 g/mol. The number of rotatable bonds is 4. The van der Waals surface area contributed by atoms with Crippen LogP contribution in [0.1, 0.15) is 37.1 Å². The lowest BCUT2D eigenvalue weighted by atomic mass is 9.96. The highest BCUT2D eigenvalue weighted by Gasteiger charge is 2.23. The predicted molar refractivity (Wildman–Crippen MR) is 91.2 cm³/mol. The van der Waals surface area contributed by atoms with E-state index >= 15 is 0 Å². The van der Waals surface area contributed by atoms with Crippen molar-refractivity contribution in [2.45, 2.75) is 38.8 Å². The summed E-state index contributed by atoms with van der Waals surface area (Å²) < 4.78 is 15.3. The number of imidazole rings is 1. The van der Waals surface area contributed by atoms with Gasteiger partial charge in [0, 0.05) is 30.8 Å². The molecule has 1 saturated heterocycles. The van der Waals surface area contributed by atoms with E-state index in [1.165, 1.54) is 17.7 Å². The number of nitrogens with zero attached hydrogens (tertiary/aromatic N) is 4. The molecular formula is C18H22FN5. The molecule has 1 aromatic carbocycles. The summed E-state index contributed by atoms with van der Waals surface area (Å²) in [7, 11) is 0. The van der Waals surface area contributed by atoms with Crippen molar-refractivity contribution in [2.75, 3.05) is 13.1 Å². The van der Waals surface area contributed by atoms with Gasteiger partial charge in [-0.2, -0.15) is 5.10 Å². The SMILES string of the molecule is CCn1cc(CN2CCC(c3nc4ccc(F)cc4[nH]3)CC2)cn1. The normalized spacial score (nSPS) is 16.9. The van der Waals surface area contributed by atoms with Crippen LogP contribution in [0.2, 0.25) is 0 Å². The molecule has 1 N–H and O–H groups in total. The van der Waals surface area contributed by atoms with E-state index in [4.69, 9.17) is 0 Å². The lowest BCUT2D eigenvalue weighted by molar-refractivity contribution is 0.202. The number of hydrogen-bond acceptors (Lipinski definition) is 3. The van der Waals surface area contributed by atoms with Gasteiger partial charge in [0.25, 0.3) is 0 Å². The van der Waals surface area contributed by atoms with Gasteiger partial charge < -0.3 is 4.98 Å². The number of H-pyrrole nitrogens is 1. The Morgan fingerprint density at radius 2 is 2.12 bits per heavy atom. The van der Waals surface area contributed by atoms with Crippen LogP contribution in [0.25, 0.3) is 11.0 Å². The number of nitrogens with one attached hydrogen (secondary N) is 1. The third-order valence-electron chi connectivity index (χ3n) is 4.85. The fraction of sp³-hybridized carbons (Fsp3) is 0.444.